The molecule has 3 rings (SSSR count). The van der Waals surface area contributed by atoms with Gasteiger partial charge in [-0.05, 0) is 42.5 Å². The highest BCUT2D eigenvalue weighted by Gasteiger charge is 2.07. The second kappa shape index (κ2) is 4.39. The van der Waals surface area contributed by atoms with Crippen LogP contribution < -0.4 is 4.74 Å². The van der Waals surface area contributed by atoms with E-state index >= 15 is 0 Å². The Morgan fingerprint density at radius 2 is 1.78 bits per heavy atom. The molecule has 1 heterocycles. The van der Waals surface area contributed by atoms with Crippen LogP contribution in [0.1, 0.15) is 0 Å². The summed E-state index contributed by atoms with van der Waals surface area (Å²) in [5, 5.41) is 1.78. The van der Waals surface area contributed by atoms with Gasteiger partial charge in [-0.25, -0.2) is 0 Å². The van der Waals surface area contributed by atoms with Gasteiger partial charge in [-0.15, -0.1) is 0 Å². The van der Waals surface area contributed by atoms with Gasteiger partial charge in [-0.2, -0.15) is 0 Å². The Kier molecular flexibility index (Phi) is 2.73. The predicted molar refractivity (Wildman–Crippen MR) is 73.2 cm³/mol. The number of rotatable bonds is 2. The van der Waals surface area contributed by atoms with Crippen LogP contribution in [0, 0.1) is 0 Å². The van der Waals surface area contributed by atoms with Crippen LogP contribution in [-0.4, -0.2) is 7.11 Å². The summed E-state index contributed by atoms with van der Waals surface area (Å²) >= 11 is 5.87. The molecule has 0 bridgehead atoms. The summed E-state index contributed by atoms with van der Waals surface area (Å²) in [5.74, 6) is 1.62. The van der Waals surface area contributed by atoms with Gasteiger partial charge >= 0.3 is 0 Å². The highest BCUT2D eigenvalue weighted by Crippen LogP contribution is 2.30. The maximum Gasteiger partial charge on any atom is 0.138 e. The number of furan rings is 1. The molecule has 2 aromatic carbocycles. The molecule has 0 spiro atoms. The number of fused-ring (bicyclic) bond motifs is 1. The molecule has 1 aromatic heterocycles. The molecule has 0 aliphatic rings. The van der Waals surface area contributed by atoms with Crippen LogP contribution in [0.25, 0.3) is 22.3 Å². The van der Waals surface area contributed by atoms with E-state index in [9.17, 15) is 0 Å². The van der Waals surface area contributed by atoms with Crippen molar-refractivity contribution in [3.8, 4) is 17.1 Å². The van der Waals surface area contributed by atoms with Crippen molar-refractivity contribution in [2.45, 2.75) is 0 Å². The van der Waals surface area contributed by atoms with E-state index in [1.54, 1.807) is 7.11 Å². The molecule has 3 heteroatoms. The number of methoxy groups -OCH3 is 1. The number of hydrogen-bond donors (Lipinski definition) is 0. The van der Waals surface area contributed by atoms with Crippen LogP contribution in [-0.2, 0) is 0 Å². The molecule has 0 saturated heterocycles. The standard InChI is InChI=1S/C15H11ClO2/c1-17-13-7-4-11-8-14(18-15(11)9-13)10-2-5-12(16)6-3-10/h2-9H,1H3. The van der Waals surface area contributed by atoms with Crippen molar-refractivity contribution in [1.29, 1.82) is 0 Å². The van der Waals surface area contributed by atoms with Gasteiger partial charge in [0, 0.05) is 22.0 Å². The molecule has 18 heavy (non-hydrogen) atoms. The van der Waals surface area contributed by atoms with Crippen molar-refractivity contribution in [2.24, 2.45) is 0 Å². The second-order valence-corrected chi connectivity index (χ2v) is 4.46. The largest absolute Gasteiger partial charge is 0.497 e. The number of hydrogen-bond acceptors (Lipinski definition) is 2. The molecule has 3 aromatic rings. The minimum Gasteiger partial charge on any atom is -0.497 e. The first kappa shape index (κ1) is 11.2. The molecule has 0 aliphatic heterocycles. The van der Waals surface area contributed by atoms with E-state index in [0.29, 0.717) is 0 Å². The van der Waals surface area contributed by atoms with E-state index in [1.807, 2.05) is 48.5 Å². The zero-order chi connectivity index (χ0) is 12.5. The Hall–Kier alpha value is -1.93. The Bertz CT molecular complexity index is 683. The number of halogens is 1. The Morgan fingerprint density at radius 3 is 2.50 bits per heavy atom. The summed E-state index contributed by atoms with van der Waals surface area (Å²) in [6, 6.07) is 15.4. The van der Waals surface area contributed by atoms with Gasteiger partial charge in [-0.1, -0.05) is 11.6 Å². The highest BCUT2D eigenvalue weighted by molar-refractivity contribution is 6.30. The van der Waals surface area contributed by atoms with Gasteiger partial charge < -0.3 is 9.15 Å². The third kappa shape index (κ3) is 1.95. The molecule has 0 aliphatic carbocycles. The lowest BCUT2D eigenvalue weighted by Crippen LogP contribution is -1.79. The van der Waals surface area contributed by atoms with Gasteiger partial charge in [-0.3, -0.25) is 0 Å². The average molecular weight is 259 g/mol. The third-order valence-corrected chi connectivity index (χ3v) is 3.11. The summed E-state index contributed by atoms with van der Waals surface area (Å²) in [6.07, 6.45) is 0. The molecule has 0 atom stereocenters. The molecule has 0 amide bonds. The topological polar surface area (TPSA) is 22.4 Å². The average Bonchev–Trinajstić information content (AvgIpc) is 2.82. The van der Waals surface area contributed by atoms with Gasteiger partial charge in [0.15, 0.2) is 0 Å². The van der Waals surface area contributed by atoms with E-state index in [-0.39, 0.29) is 0 Å². The van der Waals surface area contributed by atoms with Gasteiger partial charge in [0.05, 0.1) is 7.11 Å². The minimum absolute atomic E-state index is 0.719. The van der Waals surface area contributed by atoms with E-state index in [0.717, 1.165) is 33.1 Å². The van der Waals surface area contributed by atoms with Crippen LogP contribution in [0.3, 0.4) is 0 Å². The third-order valence-electron chi connectivity index (χ3n) is 2.86. The Morgan fingerprint density at radius 1 is 1.00 bits per heavy atom. The fraction of sp³-hybridized carbons (Fsp3) is 0.0667. The van der Waals surface area contributed by atoms with Gasteiger partial charge in [0.1, 0.15) is 17.1 Å². The van der Waals surface area contributed by atoms with Crippen LogP contribution in [0.5, 0.6) is 5.75 Å². The SMILES string of the molecule is COc1ccc2cc(-c3ccc(Cl)cc3)oc2c1. The van der Waals surface area contributed by atoms with E-state index in [1.165, 1.54) is 0 Å². The molecule has 2 nitrogen and oxygen atoms in total. The number of benzene rings is 2. The van der Waals surface area contributed by atoms with E-state index in [2.05, 4.69) is 0 Å². The zero-order valence-corrected chi connectivity index (χ0v) is 10.6. The molecule has 0 fully saturated rings. The maximum atomic E-state index is 5.87. The van der Waals surface area contributed by atoms with Crippen molar-refractivity contribution >= 4 is 22.6 Å². The minimum atomic E-state index is 0.719. The highest BCUT2D eigenvalue weighted by atomic mass is 35.5. The molecular weight excluding hydrogens is 248 g/mol. The van der Waals surface area contributed by atoms with Gasteiger partial charge in [0.25, 0.3) is 0 Å². The summed E-state index contributed by atoms with van der Waals surface area (Å²) in [4.78, 5) is 0. The normalized spacial score (nSPS) is 10.8. The first-order chi connectivity index (χ1) is 8.76. The first-order valence-electron chi connectivity index (χ1n) is 5.60. The van der Waals surface area contributed by atoms with E-state index in [4.69, 9.17) is 20.8 Å². The van der Waals surface area contributed by atoms with Crippen LogP contribution in [0.4, 0.5) is 0 Å². The molecule has 0 radical (unpaired) electrons. The summed E-state index contributed by atoms with van der Waals surface area (Å²) in [6.45, 7) is 0. The summed E-state index contributed by atoms with van der Waals surface area (Å²) in [5.41, 5.74) is 1.83. The Labute approximate surface area is 110 Å². The summed E-state index contributed by atoms with van der Waals surface area (Å²) in [7, 11) is 1.64. The fourth-order valence-electron chi connectivity index (χ4n) is 1.89. The molecule has 0 N–H and O–H groups in total. The quantitative estimate of drug-likeness (QED) is 0.661. The summed E-state index contributed by atoms with van der Waals surface area (Å²) < 4.78 is 11.0. The maximum absolute atomic E-state index is 5.87. The van der Waals surface area contributed by atoms with E-state index < -0.39 is 0 Å². The van der Waals surface area contributed by atoms with Crippen molar-refractivity contribution in [2.75, 3.05) is 7.11 Å². The predicted octanol–water partition coefficient (Wildman–Crippen LogP) is 4.76. The van der Waals surface area contributed by atoms with Crippen LogP contribution in [0.2, 0.25) is 5.02 Å². The second-order valence-electron chi connectivity index (χ2n) is 4.02. The molecule has 90 valence electrons. The molecule has 0 unspecified atom stereocenters. The first-order valence-corrected chi connectivity index (χ1v) is 5.97. The van der Waals surface area contributed by atoms with Crippen LogP contribution in [0.15, 0.2) is 52.9 Å². The Balaban J connectivity index is 2.10. The monoisotopic (exact) mass is 258 g/mol. The van der Waals surface area contributed by atoms with Crippen molar-refractivity contribution in [1.82, 2.24) is 0 Å². The molecule has 0 saturated carbocycles. The lowest BCUT2D eigenvalue weighted by Gasteiger charge is -1.97. The smallest absolute Gasteiger partial charge is 0.138 e. The lowest BCUT2D eigenvalue weighted by molar-refractivity contribution is 0.414. The lowest BCUT2D eigenvalue weighted by atomic mass is 10.1. The fourth-order valence-corrected chi connectivity index (χ4v) is 2.02. The van der Waals surface area contributed by atoms with Crippen molar-refractivity contribution in [3.05, 3.63) is 53.6 Å². The van der Waals surface area contributed by atoms with Crippen molar-refractivity contribution in [3.63, 3.8) is 0 Å². The zero-order valence-electron chi connectivity index (χ0n) is 9.81. The van der Waals surface area contributed by atoms with Crippen molar-refractivity contribution < 1.29 is 9.15 Å². The van der Waals surface area contributed by atoms with Gasteiger partial charge in [0.2, 0.25) is 0 Å². The van der Waals surface area contributed by atoms with Crippen LogP contribution >= 0.6 is 11.6 Å². The molecular formula is C15H11ClO2. The number of ether oxygens (including phenoxy) is 1.